The topological polar surface area (TPSA) is 46.3 Å². The van der Waals surface area contributed by atoms with Gasteiger partial charge in [0.1, 0.15) is 0 Å². The first kappa shape index (κ1) is 18.6. The first-order valence-corrected chi connectivity index (χ1v) is 10.2. The summed E-state index contributed by atoms with van der Waals surface area (Å²) in [7, 11) is 4.12. The molecule has 6 heteroatoms. The van der Waals surface area contributed by atoms with E-state index >= 15 is 0 Å². The van der Waals surface area contributed by atoms with E-state index in [1.807, 2.05) is 16.6 Å². The molecule has 3 heterocycles. The number of aromatic nitrogens is 4. The third kappa shape index (κ3) is 3.18. The zero-order valence-electron chi connectivity index (χ0n) is 17.2. The zero-order valence-corrected chi connectivity index (χ0v) is 18.0. The summed E-state index contributed by atoms with van der Waals surface area (Å²) in [6.07, 6.45) is 2.19. The van der Waals surface area contributed by atoms with E-state index in [2.05, 4.69) is 87.2 Å². The second kappa shape index (κ2) is 6.71. The highest BCUT2D eigenvalue weighted by atomic mass is 32.1. The van der Waals surface area contributed by atoms with Gasteiger partial charge < -0.3 is 4.90 Å². The van der Waals surface area contributed by atoms with Gasteiger partial charge in [-0.05, 0) is 30.7 Å². The smallest absolute Gasteiger partial charge is 0.187 e. The number of thiophene rings is 1. The van der Waals surface area contributed by atoms with E-state index in [0.717, 1.165) is 33.5 Å². The van der Waals surface area contributed by atoms with Gasteiger partial charge in [-0.3, -0.25) is 0 Å². The number of rotatable bonds is 3. The molecular weight excluding hydrogens is 366 g/mol. The van der Waals surface area contributed by atoms with Crippen LogP contribution in [0.5, 0.6) is 0 Å². The van der Waals surface area contributed by atoms with Crippen LogP contribution in [0.1, 0.15) is 36.9 Å². The number of hydrogen-bond acceptors (Lipinski definition) is 5. The first-order chi connectivity index (χ1) is 13.3. The van der Waals surface area contributed by atoms with Crippen LogP contribution in [0, 0.1) is 6.92 Å². The van der Waals surface area contributed by atoms with Crippen molar-refractivity contribution >= 4 is 28.1 Å². The van der Waals surface area contributed by atoms with Gasteiger partial charge in [-0.1, -0.05) is 45.0 Å². The Kier molecular flexibility index (Phi) is 4.46. The highest BCUT2D eigenvalue weighted by molar-refractivity contribution is 7.16. The van der Waals surface area contributed by atoms with Gasteiger partial charge in [0.05, 0.1) is 10.7 Å². The number of fused-ring (bicyclic) bond motifs is 1. The Hall–Kier alpha value is -2.73. The summed E-state index contributed by atoms with van der Waals surface area (Å²) in [5.74, 6) is 0.790. The maximum absolute atomic E-state index is 4.95. The number of hydrogen-bond donors (Lipinski definition) is 0. The van der Waals surface area contributed by atoms with Crippen molar-refractivity contribution in [2.75, 3.05) is 19.0 Å². The molecule has 1 aromatic carbocycles. The van der Waals surface area contributed by atoms with E-state index in [0.29, 0.717) is 0 Å². The summed E-state index contributed by atoms with van der Waals surface area (Å²) in [6, 6.07) is 12.5. The molecule has 0 aliphatic rings. The maximum Gasteiger partial charge on any atom is 0.187 e. The summed E-state index contributed by atoms with van der Waals surface area (Å²) in [4.78, 5) is 3.31. The highest BCUT2D eigenvalue weighted by Crippen LogP contribution is 2.27. The van der Waals surface area contributed by atoms with Crippen LogP contribution in [-0.2, 0) is 5.41 Å². The Bertz CT molecular complexity index is 1190. The molecule has 4 rings (SSSR count). The van der Waals surface area contributed by atoms with Crippen LogP contribution in [-0.4, -0.2) is 33.9 Å². The molecule has 144 valence electrons. The van der Waals surface area contributed by atoms with Gasteiger partial charge >= 0.3 is 0 Å². The van der Waals surface area contributed by atoms with Gasteiger partial charge in [-0.25, -0.2) is 0 Å². The predicted octanol–water partition coefficient (Wildman–Crippen LogP) is 4.07. The van der Waals surface area contributed by atoms with Crippen LogP contribution in [0.3, 0.4) is 0 Å². The molecular formula is C22H25N5S. The van der Waals surface area contributed by atoms with Crippen LogP contribution >= 0.6 is 11.3 Å². The van der Waals surface area contributed by atoms with Crippen molar-refractivity contribution in [3.05, 3.63) is 57.8 Å². The largest absolute Gasteiger partial charge is 0.370 e. The number of aryl methyl sites for hydroxylation is 1. The van der Waals surface area contributed by atoms with Crippen LogP contribution < -0.4 is 10.1 Å². The molecule has 0 bridgehead atoms. The lowest BCUT2D eigenvalue weighted by Gasteiger charge is -2.14. The van der Waals surface area contributed by atoms with Crippen molar-refractivity contribution < 1.29 is 0 Å². The lowest BCUT2D eigenvalue weighted by atomic mass is 9.91. The first-order valence-electron chi connectivity index (χ1n) is 9.36. The summed E-state index contributed by atoms with van der Waals surface area (Å²) >= 11 is 1.76. The predicted molar refractivity (Wildman–Crippen MR) is 117 cm³/mol. The molecule has 0 aliphatic carbocycles. The van der Waals surface area contributed by atoms with Crippen LogP contribution in [0.2, 0.25) is 0 Å². The van der Waals surface area contributed by atoms with Crippen molar-refractivity contribution in [3.63, 3.8) is 0 Å². The van der Waals surface area contributed by atoms with Crippen LogP contribution in [0.15, 0.2) is 36.4 Å². The van der Waals surface area contributed by atoms with Gasteiger partial charge in [0.25, 0.3) is 0 Å². The minimum Gasteiger partial charge on any atom is -0.370 e. The van der Waals surface area contributed by atoms with Crippen LogP contribution in [0.25, 0.3) is 23.1 Å². The van der Waals surface area contributed by atoms with E-state index in [1.165, 1.54) is 9.88 Å². The van der Waals surface area contributed by atoms with Crippen molar-refractivity contribution in [2.24, 2.45) is 0 Å². The SMILES string of the molecule is Cc1ccccc1-c1nnc2/c(=C/c3ccc(N(C)C)s3)c(C(C)(C)C)nn12. The fourth-order valence-electron chi connectivity index (χ4n) is 3.28. The quantitative estimate of drug-likeness (QED) is 0.528. The Morgan fingerprint density at radius 2 is 1.79 bits per heavy atom. The average Bonchev–Trinajstić information content (AvgIpc) is 3.31. The lowest BCUT2D eigenvalue weighted by molar-refractivity contribution is 0.559. The van der Waals surface area contributed by atoms with E-state index in [1.54, 1.807) is 11.3 Å². The zero-order chi connectivity index (χ0) is 20.1. The van der Waals surface area contributed by atoms with Gasteiger partial charge in [-0.2, -0.15) is 9.61 Å². The number of nitrogens with zero attached hydrogens (tertiary/aromatic N) is 5. The van der Waals surface area contributed by atoms with E-state index in [4.69, 9.17) is 5.10 Å². The molecule has 28 heavy (non-hydrogen) atoms. The molecule has 0 N–H and O–H groups in total. The molecule has 0 saturated carbocycles. The van der Waals surface area contributed by atoms with E-state index in [9.17, 15) is 0 Å². The average molecular weight is 392 g/mol. The second-order valence-electron chi connectivity index (χ2n) is 8.30. The fourth-order valence-corrected chi connectivity index (χ4v) is 4.16. The monoisotopic (exact) mass is 391 g/mol. The number of benzene rings is 1. The fraction of sp³-hybridized carbons (Fsp3) is 0.318. The normalized spacial score (nSPS) is 12.9. The summed E-state index contributed by atoms with van der Waals surface area (Å²) in [5, 5.41) is 16.2. The summed E-state index contributed by atoms with van der Waals surface area (Å²) in [5.41, 5.74) is 3.97. The Morgan fingerprint density at radius 1 is 1.04 bits per heavy atom. The highest BCUT2D eigenvalue weighted by Gasteiger charge is 2.24. The maximum atomic E-state index is 4.95. The molecule has 0 aliphatic heterocycles. The third-order valence-electron chi connectivity index (χ3n) is 4.77. The summed E-state index contributed by atoms with van der Waals surface area (Å²) in [6.45, 7) is 8.65. The number of anilines is 1. The Labute approximate surface area is 169 Å². The Morgan fingerprint density at radius 3 is 2.43 bits per heavy atom. The molecule has 0 radical (unpaired) electrons. The van der Waals surface area contributed by atoms with Crippen molar-refractivity contribution in [1.29, 1.82) is 0 Å². The van der Waals surface area contributed by atoms with Gasteiger partial charge in [0.2, 0.25) is 0 Å². The summed E-state index contributed by atoms with van der Waals surface area (Å²) < 4.78 is 1.90. The van der Waals surface area contributed by atoms with Gasteiger partial charge in [0.15, 0.2) is 11.5 Å². The lowest BCUT2D eigenvalue weighted by Crippen LogP contribution is -2.22. The standard InChI is InChI=1S/C22H25N5S/c1-14-9-7-8-10-16(14)20-23-24-21-17(19(22(2,3)4)25-27(20)21)13-15-11-12-18(28-15)26(5)6/h7-13H,1-6H3/b17-13+. The third-order valence-corrected chi connectivity index (χ3v) is 5.97. The van der Waals surface area contributed by atoms with Crippen molar-refractivity contribution in [1.82, 2.24) is 19.8 Å². The molecule has 0 spiro atoms. The molecule has 5 nitrogen and oxygen atoms in total. The Balaban J connectivity index is 1.97. The minimum absolute atomic E-state index is 0.100. The molecule has 0 amide bonds. The van der Waals surface area contributed by atoms with Crippen molar-refractivity contribution in [3.8, 4) is 11.4 Å². The molecule has 0 atom stereocenters. The molecule has 4 aromatic rings. The van der Waals surface area contributed by atoms with E-state index < -0.39 is 0 Å². The van der Waals surface area contributed by atoms with Gasteiger partial charge in [-0.15, -0.1) is 21.5 Å². The minimum atomic E-state index is -0.100. The molecule has 0 unspecified atom stereocenters. The van der Waals surface area contributed by atoms with Crippen LogP contribution in [0.4, 0.5) is 5.00 Å². The molecule has 0 saturated heterocycles. The second-order valence-corrected chi connectivity index (χ2v) is 9.39. The molecule has 0 fully saturated rings. The van der Waals surface area contributed by atoms with Gasteiger partial charge in [0, 0.05) is 35.2 Å². The van der Waals surface area contributed by atoms with Crippen molar-refractivity contribution in [2.45, 2.75) is 33.1 Å². The molecule has 3 aromatic heterocycles. The van der Waals surface area contributed by atoms with E-state index in [-0.39, 0.29) is 5.41 Å².